The van der Waals surface area contributed by atoms with Crippen LogP contribution in [-0.4, -0.2) is 105 Å². The van der Waals surface area contributed by atoms with Crippen molar-refractivity contribution in [3.8, 4) is 0 Å². The summed E-state index contributed by atoms with van der Waals surface area (Å²) >= 11 is 1.72. The number of fused-ring (bicyclic) bond motifs is 1. The summed E-state index contributed by atoms with van der Waals surface area (Å²) in [7, 11) is 0. The fourth-order valence-electron chi connectivity index (χ4n) is 3.20. The number of amides is 2. The van der Waals surface area contributed by atoms with E-state index in [0.717, 1.165) is 12.8 Å². The Morgan fingerprint density at radius 2 is 2.00 bits per heavy atom. The van der Waals surface area contributed by atoms with Gasteiger partial charge >= 0.3 is 41.6 Å². The molecule has 4 atom stereocenters. The Morgan fingerprint density at radius 3 is 2.68 bits per heavy atom. The average Bonchev–Trinajstić information content (AvgIpc) is 3.35. The summed E-state index contributed by atoms with van der Waals surface area (Å²) in [5, 5.41) is 16.8. The Bertz CT molecular complexity index is 621. The monoisotopic (exact) mass is 445 g/mol. The molecule has 28 heavy (non-hydrogen) atoms. The summed E-state index contributed by atoms with van der Waals surface area (Å²) in [6, 6.07) is -0.867. The molecule has 3 fully saturated rings. The van der Waals surface area contributed by atoms with Crippen LogP contribution in [0.3, 0.4) is 0 Å². The van der Waals surface area contributed by atoms with Crippen LogP contribution in [0.1, 0.15) is 19.3 Å². The molecule has 0 aromatic heterocycles. The molecule has 3 aliphatic heterocycles. The molecule has 0 aliphatic carbocycles. The number of hydrogen-bond donors (Lipinski definition) is 3. The van der Waals surface area contributed by atoms with E-state index in [9.17, 15) is 19.2 Å². The zero-order chi connectivity index (χ0) is 19.4. The number of carbonyl (C=O) groups is 4. The SMILES string of the molecule is O=C1N[C@H]2CSC(C(=O)CC(SOOO)C(=O)C(=O)ON3CCCC3)[C@H]2N1.[NaH]. The van der Waals surface area contributed by atoms with Crippen molar-refractivity contribution in [1.29, 1.82) is 0 Å². The second-order valence-corrected chi connectivity index (χ2v) is 8.35. The molecule has 0 bridgehead atoms. The van der Waals surface area contributed by atoms with E-state index in [1.807, 2.05) is 0 Å². The first-order valence-electron chi connectivity index (χ1n) is 8.35. The summed E-state index contributed by atoms with van der Waals surface area (Å²) in [5.41, 5.74) is 0. The van der Waals surface area contributed by atoms with Crippen LogP contribution >= 0.6 is 23.8 Å². The number of hydroxylamine groups is 2. The molecule has 0 spiro atoms. The maximum absolute atomic E-state index is 12.7. The van der Waals surface area contributed by atoms with Crippen molar-refractivity contribution in [2.24, 2.45) is 0 Å². The molecule has 14 heteroatoms. The third-order valence-electron chi connectivity index (χ3n) is 4.49. The van der Waals surface area contributed by atoms with Gasteiger partial charge in [0.05, 0.1) is 17.3 Å². The van der Waals surface area contributed by atoms with Gasteiger partial charge in [0, 0.05) is 37.3 Å². The molecule has 0 aromatic carbocycles. The van der Waals surface area contributed by atoms with Crippen molar-refractivity contribution in [1.82, 2.24) is 15.7 Å². The molecule has 3 aliphatic rings. The van der Waals surface area contributed by atoms with E-state index >= 15 is 0 Å². The molecule has 3 rings (SSSR count). The van der Waals surface area contributed by atoms with Crippen LogP contribution in [0.5, 0.6) is 0 Å². The molecule has 3 saturated heterocycles. The zero-order valence-electron chi connectivity index (χ0n) is 14.1. The summed E-state index contributed by atoms with van der Waals surface area (Å²) in [4.78, 5) is 53.5. The molecular formula is C14H20N3NaO8S2. The van der Waals surface area contributed by atoms with E-state index in [0.29, 0.717) is 30.9 Å². The number of nitrogens with zero attached hydrogens (tertiary/aromatic N) is 1. The molecule has 2 amide bonds. The van der Waals surface area contributed by atoms with Gasteiger partial charge in [-0.25, -0.2) is 14.8 Å². The molecule has 3 N–H and O–H groups in total. The number of nitrogens with one attached hydrogen (secondary N) is 2. The molecule has 3 heterocycles. The first kappa shape index (κ1) is 23.9. The fourth-order valence-corrected chi connectivity index (χ4v) is 5.19. The van der Waals surface area contributed by atoms with Crippen molar-refractivity contribution < 1.29 is 38.6 Å². The molecule has 152 valence electrons. The van der Waals surface area contributed by atoms with Gasteiger partial charge in [0.1, 0.15) is 11.0 Å². The normalized spacial score (nSPS) is 27.3. The quantitative estimate of drug-likeness (QED) is 0.101. The summed E-state index contributed by atoms with van der Waals surface area (Å²) < 4.78 is 4.29. The molecule has 0 saturated carbocycles. The van der Waals surface area contributed by atoms with E-state index in [1.165, 1.54) is 16.8 Å². The number of urea groups is 1. The molecule has 0 radical (unpaired) electrons. The number of thioether (sulfide) groups is 1. The van der Waals surface area contributed by atoms with Gasteiger partial charge in [0.15, 0.2) is 0 Å². The maximum atomic E-state index is 12.7. The minimum absolute atomic E-state index is 0. The van der Waals surface area contributed by atoms with Crippen LogP contribution in [0.15, 0.2) is 0 Å². The van der Waals surface area contributed by atoms with Crippen LogP contribution in [0.25, 0.3) is 0 Å². The van der Waals surface area contributed by atoms with Crippen LogP contribution in [0.2, 0.25) is 0 Å². The van der Waals surface area contributed by atoms with Crippen LogP contribution in [0, 0.1) is 0 Å². The second kappa shape index (κ2) is 11.1. The Balaban J connectivity index is 0.00000280. The predicted molar refractivity (Wildman–Crippen MR) is 100 cm³/mol. The number of Topliss-reactive ketones (excluding diaryl/α,β-unsaturated/α-hetero) is 2. The zero-order valence-corrected chi connectivity index (χ0v) is 15.8. The first-order chi connectivity index (χ1) is 13.0. The van der Waals surface area contributed by atoms with Gasteiger partial charge in [0.25, 0.3) is 5.78 Å². The molecular weight excluding hydrogens is 425 g/mol. The van der Waals surface area contributed by atoms with Gasteiger partial charge in [-0.3, -0.25) is 9.59 Å². The van der Waals surface area contributed by atoms with Gasteiger partial charge in [-0.05, 0) is 12.8 Å². The summed E-state index contributed by atoms with van der Waals surface area (Å²) in [6.45, 7) is 1.08. The minimum atomic E-state index is -1.25. The van der Waals surface area contributed by atoms with E-state index in [4.69, 9.17) is 10.1 Å². The second-order valence-electron chi connectivity index (χ2n) is 6.28. The van der Waals surface area contributed by atoms with Crippen molar-refractivity contribution in [2.45, 2.75) is 41.8 Å². The van der Waals surface area contributed by atoms with Crippen LogP contribution in [-0.2, 0) is 28.6 Å². The first-order valence-corrected chi connectivity index (χ1v) is 10.2. The van der Waals surface area contributed by atoms with E-state index in [2.05, 4.69) is 20.0 Å². The van der Waals surface area contributed by atoms with Crippen molar-refractivity contribution >= 4 is 76.9 Å². The Hall–Kier alpha value is -0.380. The summed E-state index contributed by atoms with van der Waals surface area (Å²) in [5.74, 6) is -1.82. The molecule has 0 aromatic rings. The Kier molecular flexibility index (Phi) is 9.50. The van der Waals surface area contributed by atoms with E-state index in [1.54, 1.807) is 0 Å². The number of ketones is 2. The average molecular weight is 445 g/mol. The van der Waals surface area contributed by atoms with Crippen molar-refractivity contribution in [3.05, 3.63) is 0 Å². The van der Waals surface area contributed by atoms with Gasteiger partial charge in [-0.1, -0.05) is 5.04 Å². The number of rotatable bonds is 9. The molecule has 11 nitrogen and oxygen atoms in total. The third kappa shape index (κ3) is 5.83. The van der Waals surface area contributed by atoms with Crippen LogP contribution in [0.4, 0.5) is 4.79 Å². The predicted octanol–water partition coefficient (Wildman–Crippen LogP) is -0.976. The van der Waals surface area contributed by atoms with Crippen molar-refractivity contribution in [3.63, 3.8) is 0 Å². The van der Waals surface area contributed by atoms with Gasteiger partial charge in [-0.15, -0.1) is 21.2 Å². The van der Waals surface area contributed by atoms with Gasteiger partial charge in [0.2, 0.25) is 0 Å². The topological polar surface area (TPSA) is 144 Å². The number of carbonyl (C=O) groups excluding carboxylic acids is 4. The number of hydrogen-bond acceptors (Lipinski definition) is 11. The van der Waals surface area contributed by atoms with Crippen molar-refractivity contribution in [2.75, 3.05) is 18.8 Å². The van der Waals surface area contributed by atoms with Crippen LogP contribution < -0.4 is 10.6 Å². The Labute approximate surface area is 191 Å². The van der Waals surface area contributed by atoms with E-state index < -0.39 is 22.3 Å². The Morgan fingerprint density at radius 1 is 1.29 bits per heavy atom. The van der Waals surface area contributed by atoms with Gasteiger partial charge < -0.3 is 15.5 Å². The van der Waals surface area contributed by atoms with Gasteiger partial charge in [-0.2, -0.15) is 0 Å². The standard InChI is InChI=1S/C14H19N3O8S2.Na.H/c18-8(12-10-7(6-26-12)15-14(21)16-10)5-9(27-25-24-22)11(19)13(20)23-17-3-1-2-4-17;;/h7,9-10,12,22H,1-6H2,(H2,15,16,21);;/t7-,9?,10-,12?;;/m0../s1. The molecule has 2 unspecified atom stereocenters. The summed E-state index contributed by atoms with van der Waals surface area (Å²) in [6.07, 6.45) is 1.39. The third-order valence-corrected chi connectivity index (χ3v) is 6.71. The fraction of sp³-hybridized carbons (Fsp3) is 0.714. The van der Waals surface area contributed by atoms with E-state index in [-0.39, 0.29) is 59.9 Å².